The predicted octanol–water partition coefficient (Wildman–Crippen LogP) is 3.21. The number of hydrogen-bond acceptors (Lipinski definition) is 2. The zero-order chi connectivity index (χ0) is 12.4. The number of rotatable bonds is 2. The molecule has 1 aromatic carbocycles. The van der Waals surface area contributed by atoms with Crippen molar-refractivity contribution >= 4 is 39.1 Å². The average Bonchev–Trinajstić information content (AvgIpc) is 2.64. The minimum Gasteiger partial charge on any atom is -0.317 e. The van der Waals surface area contributed by atoms with Gasteiger partial charge >= 0.3 is 0 Å². The summed E-state index contributed by atoms with van der Waals surface area (Å²) in [6.07, 6.45) is 0.429. The molecule has 3 nitrogen and oxygen atoms in total. The van der Waals surface area contributed by atoms with E-state index in [9.17, 15) is 4.79 Å². The highest BCUT2D eigenvalue weighted by atomic mass is 35.5. The number of thiazole rings is 1. The number of hydrogen-bond donors (Lipinski definition) is 0. The second-order valence-corrected chi connectivity index (χ2v) is 5.05. The van der Waals surface area contributed by atoms with Crippen molar-refractivity contribution in [1.29, 1.82) is 0 Å². The molecule has 1 amide bonds. The van der Waals surface area contributed by atoms with Crippen molar-refractivity contribution in [1.82, 2.24) is 4.57 Å². The lowest BCUT2D eigenvalue weighted by Gasteiger charge is -1.99. The van der Waals surface area contributed by atoms with Crippen molar-refractivity contribution in [2.45, 2.75) is 26.8 Å². The fraction of sp³-hybridized carbons (Fsp3) is 0.333. The third-order valence-corrected chi connectivity index (χ3v) is 3.76. The molecule has 0 aliphatic carbocycles. The fourth-order valence-corrected chi connectivity index (χ4v) is 3.01. The Balaban J connectivity index is 2.72. The molecule has 0 atom stereocenters. The maximum Gasteiger partial charge on any atom is 0.248 e. The molecule has 0 aliphatic rings. The predicted molar refractivity (Wildman–Crippen MR) is 71.4 cm³/mol. The van der Waals surface area contributed by atoms with Crippen LogP contribution in [0, 0.1) is 0 Å². The van der Waals surface area contributed by atoms with E-state index in [1.807, 2.05) is 36.6 Å². The molecule has 0 radical (unpaired) electrons. The van der Waals surface area contributed by atoms with Crippen LogP contribution >= 0.6 is 22.9 Å². The lowest BCUT2D eigenvalue weighted by Crippen LogP contribution is -2.15. The highest BCUT2D eigenvalue weighted by Gasteiger charge is 2.06. The molecule has 0 unspecified atom stereocenters. The Morgan fingerprint density at radius 2 is 2.24 bits per heavy atom. The lowest BCUT2D eigenvalue weighted by atomic mass is 10.3. The van der Waals surface area contributed by atoms with Gasteiger partial charge in [0, 0.05) is 18.0 Å². The first-order chi connectivity index (χ1) is 8.15. The summed E-state index contributed by atoms with van der Waals surface area (Å²) in [6, 6.07) is 5.73. The Labute approximate surface area is 108 Å². The summed E-state index contributed by atoms with van der Waals surface area (Å²) in [6.45, 7) is 4.64. The summed E-state index contributed by atoms with van der Waals surface area (Å²) >= 11 is 7.45. The number of fused-ring (bicyclic) bond motifs is 1. The van der Waals surface area contributed by atoms with E-state index >= 15 is 0 Å². The highest BCUT2D eigenvalue weighted by molar-refractivity contribution is 7.16. The topological polar surface area (TPSA) is 34.4 Å². The van der Waals surface area contributed by atoms with E-state index in [0.29, 0.717) is 11.4 Å². The number of benzene rings is 1. The first kappa shape index (κ1) is 12.3. The SMILES string of the molecule is CCC(=O)N=c1sc2cc(Cl)ccc2n1CC. The third kappa shape index (κ3) is 2.42. The quantitative estimate of drug-likeness (QED) is 0.824. The Bertz CT molecular complexity index is 627. The minimum absolute atomic E-state index is 0.0927. The summed E-state index contributed by atoms with van der Waals surface area (Å²) in [7, 11) is 0. The van der Waals surface area contributed by atoms with Gasteiger partial charge in [-0.05, 0) is 25.1 Å². The number of amides is 1. The van der Waals surface area contributed by atoms with Crippen molar-refractivity contribution in [3.05, 3.63) is 28.0 Å². The van der Waals surface area contributed by atoms with Crippen LogP contribution in [0.5, 0.6) is 0 Å². The number of aromatic nitrogens is 1. The van der Waals surface area contributed by atoms with Gasteiger partial charge in [-0.3, -0.25) is 4.79 Å². The fourth-order valence-electron chi connectivity index (χ4n) is 1.62. The van der Waals surface area contributed by atoms with Gasteiger partial charge in [0.15, 0.2) is 4.80 Å². The first-order valence-corrected chi connectivity index (χ1v) is 6.71. The largest absolute Gasteiger partial charge is 0.317 e. The van der Waals surface area contributed by atoms with Crippen molar-refractivity contribution in [3.8, 4) is 0 Å². The molecule has 17 heavy (non-hydrogen) atoms. The van der Waals surface area contributed by atoms with Crippen LogP contribution in [0.4, 0.5) is 0 Å². The van der Waals surface area contributed by atoms with Crippen LogP contribution in [0.15, 0.2) is 23.2 Å². The second-order valence-electron chi connectivity index (χ2n) is 3.60. The smallest absolute Gasteiger partial charge is 0.248 e. The van der Waals surface area contributed by atoms with Gasteiger partial charge in [-0.2, -0.15) is 4.99 Å². The summed E-state index contributed by atoms with van der Waals surface area (Å²) in [5, 5.41) is 0.704. The molecule has 5 heteroatoms. The first-order valence-electron chi connectivity index (χ1n) is 5.52. The van der Waals surface area contributed by atoms with Gasteiger partial charge in [-0.15, -0.1) is 0 Å². The molecule has 0 aliphatic heterocycles. The molecule has 0 spiro atoms. The third-order valence-electron chi connectivity index (χ3n) is 2.48. The van der Waals surface area contributed by atoms with E-state index in [1.165, 1.54) is 11.3 Å². The van der Waals surface area contributed by atoms with E-state index in [0.717, 1.165) is 21.6 Å². The van der Waals surface area contributed by atoms with Crippen molar-refractivity contribution in [2.75, 3.05) is 0 Å². The molecule has 90 valence electrons. The minimum atomic E-state index is -0.0927. The van der Waals surface area contributed by atoms with Crippen LogP contribution in [0.2, 0.25) is 5.02 Å². The van der Waals surface area contributed by atoms with Gasteiger partial charge in [0.05, 0.1) is 10.2 Å². The molecule has 2 rings (SSSR count). The van der Waals surface area contributed by atoms with E-state index < -0.39 is 0 Å². The van der Waals surface area contributed by atoms with E-state index in [1.54, 1.807) is 0 Å². The lowest BCUT2D eigenvalue weighted by molar-refractivity contribution is -0.117. The summed E-state index contributed by atoms with van der Waals surface area (Å²) in [4.78, 5) is 16.3. The van der Waals surface area contributed by atoms with Crippen molar-refractivity contribution in [2.24, 2.45) is 4.99 Å². The second kappa shape index (κ2) is 5.02. The average molecular weight is 269 g/mol. The van der Waals surface area contributed by atoms with Crippen LogP contribution in [-0.2, 0) is 11.3 Å². The van der Waals surface area contributed by atoms with Gasteiger partial charge in [0.2, 0.25) is 5.91 Å². The maximum atomic E-state index is 11.4. The van der Waals surface area contributed by atoms with Crippen LogP contribution in [0.1, 0.15) is 20.3 Å². The van der Waals surface area contributed by atoms with Gasteiger partial charge < -0.3 is 4.57 Å². The molecular weight excluding hydrogens is 256 g/mol. The van der Waals surface area contributed by atoms with Crippen molar-refractivity contribution in [3.63, 3.8) is 0 Å². The van der Waals surface area contributed by atoms with Gasteiger partial charge in [0.25, 0.3) is 0 Å². The molecule has 2 aromatic rings. The van der Waals surface area contributed by atoms with Gasteiger partial charge in [-0.1, -0.05) is 29.9 Å². The Morgan fingerprint density at radius 1 is 1.47 bits per heavy atom. The van der Waals surface area contributed by atoms with E-state index in [-0.39, 0.29) is 5.91 Å². The maximum absolute atomic E-state index is 11.4. The van der Waals surface area contributed by atoms with Gasteiger partial charge in [0.1, 0.15) is 0 Å². The van der Waals surface area contributed by atoms with Crippen LogP contribution in [0.25, 0.3) is 10.2 Å². The Kier molecular flexibility index (Phi) is 3.64. The van der Waals surface area contributed by atoms with E-state index in [4.69, 9.17) is 11.6 Å². The van der Waals surface area contributed by atoms with Gasteiger partial charge in [-0.25, -0.2) is 0 Å². The number of carbonyl (C=O) groups is 1. The normalized spacial score (nSPS) is 12.3. The summed E-state index contributed by atoms with van der Waals surface area (Å²) in [5.41, 5.74) is 1.07. The number of carbonyl (C=O) groups excluding carboxylic acids is 1. The van der Waals surface area contributed by atoms with Crippen molar-refractivity contribution < 1.29 is 4.79 Å². The van der Waals surface area contributed by atoms with Crippen LogP contribution in [0.3, 0.4) is 0 Å². The molecular formula is C12H13ClN2OS. The van der Waals surface area contributed by atoms with E-state index in [2.05, 4.69) is 4.99 Å². The molecule has 0 fully saturated rings. The number of aryl methyl sites for hydroxylation is 1. The number of halogens is 1. The summed E-state index contributed by atoms with van der Waals surface area (Å²) in [5.74, 6) is -0.0927. The molecule has 0 saturated carbocycles. The monoisotopic (exact) mass is 268 g/mol. The van der Waals surface area contributed by atoms with Crippen LogP contribution in [-0.4, -0.2) is 10.5 Å². The molecule has 0 bridgehead atoms. The molecule has 0 saturated heterocycles. The molecule has 0 N–H and O–H groups in total. The zero-order valence-electron chi connectivity index (χ0n) is 9.74. The molecule has 1 heterocycles. The molecule has 1 aromatic heterocycles. The summed E-state index contributed by atoms with van der Waals surface area (Å²) < 4.78 is 3.09. The Morgan fingerprint density at radius 3 is 2.88 bits per heavy atom. The zero-order valence-corrected chi connectivity index (χ0v) is 11.3. The number of nitrogens with zero attached hydrogens (tertiary/aromatic N) is 2. The van der Waals surface area contributed by atoms with Crippen LogP contribution < -0.4 is 4.80 Å². The standard InChI is InChI=1S/C12H13ClN2OS/c1-3-11(16)14-12-15(4-2)9-6-5-8(13)7-10(9)17-12/h5-7H,3-4H2,1-2H3. The Hall–Kier alpha value is -1.13. The highest BCUT2D eigenvalue weighted by Crippen LogP contribution is 2.21.